The second kappa shape index (κ2) is 6.27. The minimum absolute atomic E-state index is 0.0732. The average Bonchev–Trinajstić information content (AvgIpc) is 2.51. The Labute approximate surface area is 126 Å². The van der Waals surface area contributed by atoms with Crippen molar-refractivity contribution in [2.45, 2.75) is 20.8 Å². The lowest BCUT2D eigenvalue weighted by Crippen LogP contribution is -2.42. The van der Waals surface area contributed by atoms with E-state index in [1.54, 1.807) is 0 Å². The van der Waals surface area contributed by atoms with Crippen LogP contribution in [0.2, 0.25) is 0 Å². The van der Waals surface area contributed by atoms with Gasteiger partial charge in [-0.3, -0.25) is 4.79 Å². The molecule has 0 aromatic heterocycles. The lowest BCUT2D eigenvalue weighted by atomic mass is 9.92. The average molecular weight is 284 g/mol. The number of fused-ring (bicyclic) bond motifs is 1. The molecule has 0 saturated heterocycles. The molecule has 2 aromatic carbocycles. The summed E-state index contributed by atoms with van der Waals surface area (Å²) in [6.45, 7) is 8.10. The fraction of sp³-hybridized carbons (Fsp3) is 0.389. The molecular formula is C18H24N2O. The minimum Gasteiger partial charge on any atom is -0.338 e. The number of hydrogen-bond donors (Lipinski definition) is 1. The predicted molar refractivity (Wildman–Crippen MR) is 88.4 cm³/mol. The molecule has 0 atom stereocenters. The molecule has 2 rings (SSSR count). The van der Waals surface area contributed by atoms with Crippen molar-refractivity contribution in [1.29, 1.82) is 0 Å². The highest BCUT2D eigenvalue weighted by atomic mass is 16.2. The summed E-state index contributed by atoms with van der Waals surface area (Å²) in [6, 6.07) is 13.9. The van der Waals surface area contributed by atoms with Crippen molar-refractivity contribution in [3.8, 4) is 0 Å². The Balaban J connectivity index is 2.36. The molecule has 0 saturated carbocycles. The number of carbonyl (C=O) groups excluding carboxylic acids is 1. The van der Waals surface area contributed by atoms with Crippen molar-refractivity contribution in [3.05, 3.63) is 48.0 Å². The van der Waals surface area contributed by atoms with Gasteiger partial charge in [-0.2, -0.15) is 0 Å². The zero-order chi connectivity index (χ0) is 15.5. The monoisotopic (exact) mass is 284 g/mol. The number of carbonyl (C=O) groups is 1. The van der Waals surface area contributed by atoms with Crippen LogP contribution in [0.4, 0.5) is 0 Å². The fourth-order valence-corrected chi connectivity index (χ4v) is 2.49. The van der Waals surface area contributed by atoms with Gasteiger partial charge in [-0.25, -0.2) is 0 Å². The zero-order valence-corrected chi connectivity index (χ0v) is 13.1. The molecule has 0 aliphatic rings. The summed E-state index contributed by atoms with van der Waals surface area (Å²) in [6.07, 6.45) is 0. The molecule has 0 aliphatic heterocycles. The van der Waals surface area contributed by atoms with Gasteiger partial charge in [0, 0.05) is 18.7 Å². The van der Waals surface area contributed by atoms with E-state index in [9.17, 15) is 4.79 Å². The van der Waals surface area contributed by atoms with E-state index in [-0.39, 0.29) is 11.3 Å². The number of rotatable bonds is 5. The van der Waals surface area contributed by atoms with Crippen LogP contribution >= 0.6 is 0 Å². The zero-order valence-electron chi connectivity index (χ0n) is 13.1. The van der Waals surface area contributed by atoms with Crippen LogP contribution in [0.15, 0.2) is 42.5 Å². The molecule has 0 radical (unpaired) electrons. The van der Waals surface area contributed by atoms with Gasteiger partial charge in [-0.15, -0.1) is 0 Å². The first-order valence-corrected chi connectivity index (χ1v) is 7.45. The Morgan fingerprint density at radius 1 is 1.14 bits per heavy atom. The Morgan fingerprint density at radius 2 is 1.81 bits per heavy atom. The molecule has 0 heterocycles. The van der Waals surface area contributed by atoms with E-state index >= 15 is 0 Å². The number of benzene rings is 2. The third-order valence-corrected chi connectivity index (χ3v) is 3.86. The first-order valence-electron chi connectivity index (χ1n) is 7.45. The SMILES string of the molecule is CCN(CC(C)(C)CN)C(=O)c1cccc2ccccc12. The predicted octanol–water partition coefficient (Wildman–Crippen LogP) is 3.29. The summed E-state index contributed by atoms with van der Waals surface area (Å²) < 4.78 is 0. The van der Waals surface area contributed by atoms with Crippen LogP contribution in [-0.2, 0) is 0 Å². The van der Waals surface area contributed by atoms with Gasteiger partial charge >= 0.3 is 0 Å². The van der Waals surface area contributed by atoms with Gasteiger partial charge in [-0.05, 0) is 35.7 Å². The topological polar surface area (TPSA) is 46.3 Å². The van der Waals surface area contributed by atoms with Crippen LogP contribution in [0, 0.1) is 5.41 Å². The van der Waals surface area contributed by atoms with Gasteiger partial charge in [0.2, 0.25) is 0 Å². The highest BCUT2D eigenvalue weighted by molar-refractivity contribution is 6.07. The van der Waals surface area contributed by atoms with Gasteiger partial charge in [0.1, 0.15) is 0 Å². The van der Waals surface area contributed by atoms with Crippen molar-refractivity contribution >= 4 is 16.7 Å². The standard InChI is InChI=1S/C18H24N2O/c1-4-20(13-18(2,3)12-19)17(21)16-11-7-9-14-8-5-6-10-15(14)16/h5-11H,4,12-13,19H2,1-3H3. The van der Waals surface area contributed by atoms with Crippen molar-refractivity contribution < 1.29 is 4.79 Å². The van der Waals surface area contributed by atoms with Gasteiger partial charge in [0.25, 0.3) is 5.91 Å². The Kier molecular flexibility index (Phi) is 4.63. The van der Waals surface area contributed by atoms with Crippen LogP contribution in [-0.4, -0.2) is 30.4 Å². The second-order valence-corrected chi connectivity index (χ2v) is 6.21. The molecule has 0 aliphatic carbocycles. The first kappa shape index (κ1) is 15.5. The molecule has 21 heavy (non-hydrogen) atoms. The van der Waals surface area contributed by atoms with Crippen LogP contribution in [0.3, 0.4) is 0 Å². The molecule has 2 N–H and O–H groups in total. The molecule has 0 bridgehead atoms. The minimum atomic E-state index is -0.0732. The van der Waals surface area contributed by atoms with E-state index in [1.807, 2.05) is 54.3 Å². The maximum absolute atomic E-state index is 12.9. The number of nitrogens with zero attached hydrogens (tertiary/aromatic N) is 1. The smallest absolute Gasteiger partial charge is 0.254 e. The summed E-state index contributed by atoms with van der Waals surface area (Å²) in [5.74, 6) is 0.0795. The van der Waals surface area contributed by atoms with Gasteiger partial charge in [0.15, 0.2) is 0 Å². The summed E-state index contributed by atoms with van der Waals surface area (Å²) in [4.78, 5) is 14.8. The molecule has 0 unspecified atom stereocenters. The van der Waals surface area contributed by atoms with Crippen molar-refractivity contribution in [3.63, 3.8) is 0 Å². The normalized spacial score (nSPS) is 11.6. The maximum atomic E-state index is 12.9. The van der Waals surface area contributed by atoms with E-state index in [0.29, 0.717) is 19.6 Å². The number of amides is 1. The summed E-state index contributed by atoms with van der Waals surface area (Å²) >= 11 is 0. The van der Waals surface area contributed by atoms with Crippen molar-refractivity contribution in [2.24, 2.45) is 11.1 Å². The first-order chi connectivity index (χ1) is 9.98. The molecule has 0 spiro atoms. The summed E-state index contributed by atoms with van der Waals surface area (Å²) in [5, 5.41) is 2.10. The lowest BCUT2D eigenvalue weighted by molar-refractivity contribution is 0.0703. The second-order valence-electron chi connectivity index (χ2n) is 6.21. The summed E-state index contributed by atoms with van der Waals surface area (Å²) in [5.41, 5.74) is 6.49. The van der Waals surface area contributed by atoms with Crippen LogP contribution in [0.1, 0.15) is 31.1 Å². The molecule has 3 nitrogen and oxygen atoms in total. The third-order valence-electron chi connectivity index (χ3n) is 3.86. The van der Waals surface area contributed by atoms with Gasteiger partial charge in [0.05, 0.1) is 0 Å². The third kappa shape index (κ3) is 3.42. The summed E-state index contributed by atoms with van der Waals surface area (Å²) in [7, 11) is 0. The molecule has 0 fully saturated rings. The van der Waals surface area contributed by atoms with E-state index < -0.39 is 0 Å². The van der Waals surface area contributed by atoms with E-state index in [2.05, 4.69) is 13.8 Å². The molecule has 2 aromatic rings. The molecule has 3 heteroatoms. The van der Waals surface area contributed by atoms with Crippen molar-refractivity contribution in [2.75, 3.05) is 19.6 Å². The molecule has 112 valence electrons. The Morgan fingerprint density at radius 3 is 2.48 bits per heavy atom. The van der Waals surface area contributed by atoms with E-state index in [1.165, 1.54) is 0 Å². The maximum Gasteiger partial charge on any atom is 0.254 e. The molecular weight excluding hydrogens is 260 g/mol. The Bertz CT molecular complexity index is 629. The van der Waals surface area contributed by atoms with Crippen molar-refractivity contribution in [1.82, 2.24) is 4.90 Å². The van der Waals surface area contributed by atoms with E-state index in [0.717, 1.165) is 16.3 Å². The largest absolute Gasteiger partial charge is 0.338 e. The van der Waals surface area contributed by atoms with E-state index in [4.69, 9.17) is 5.73 Å². The lowest BCUT2D eigenvalue weighted by Gasteiger charge is -2.31. The van der Waals surface area contributed by atoms with Crippen LogP contribution in [0.25, 0.3) is 10.8 Å². The highest BCUT2D eigenvalue weighted by Gasteiger charge is 2.24. The fourth-order valence-electron chi connectivity index (χ4n) is 2.49. The highest BCUT2D eigenvalue weighted by Crippen LogP contribution is 2.22. The Hall–Kier alpha value is -1.87. The number of hydrogen-bond acceptors (Lipinski definition) is 2. The quantitative estimate of drug-likeness (QED) is 0.915. The van der Waals surface area contributed by atoms with Gasteiger partial charge < -0.3 is 10.6 Å². The van der Waals surface area contributed by atoms with Crippen LogP contribution < -0.4 is 5.73 Å². The number of nitrogens with two attached hydrogens (primary N) is 1. The van der Waals surface area contributed by atoms with Gasteiger partial charge in [-0.1, -0.05) is 50.2 Å². The molecule has 1 amide bonds. The van der Waals surface area contributed by atoms with Crippen LogP contribution in [0.5, 0.6) is 0 Å².